The maximum Gasteiger partial charge on any atom is 0.268 e. The van der Waals surface area contributed by atoms with Crippen LogP contribution in [0.25, 0.3) is 0 Å². The van der Waals surface area contributed by atoms with E-state index < -0.39 is 6.17 Å². The lowest BCUT2D eigenvalue weighted by atomic mass is 9.85. The first-order chi connectivity index (χ1) is 13.0. The van der Waals surface area contributed by atoms with Gasteiger partial charge in [-0.2, -0.15) is 5.10 Å². The third-order valence-electron chi connectivity index (χ3n) is 6.07. The predicted molar refractivity (Wildman–Crippen MR) is 104 cm³/mol. The van der Waals surface area contributed by atoms with Crippen molar-refractivity contribution in [1.29, 1.82) is 0 Å². The van der Waals surface area contributed by atoms with Gasteiger partial charge in [-0.25, -0.2) is 0 Å². The molecule has 144 valence electrons. The van der Waals surface area contributed by atoms with Crippen LogP contribution in [0.15, 0.2) is 23.3 Å². The van der Waals surface area contributed by atoms with E-state index in [1.807, 2.05) is 39.0 Å². The van der Waals surface area contributed by atoms with Gasteiger partial charge < -0.3 is 15.1 Å². The Balaban J connectivity index is 1.51. The summed E-state index contributed by atoms with van der Waals surface area (Å²) >= 11 is 0. The summed E-state index contributed by atoms with van der Waals surface area (Å²) in [7, 11) is 0. The van der Waals surface area contributed by atoms with Gasteiger partial charge in [0.05, 0.1) is 12.1 Å². The molecule has 0 aromatic heterocycles. The highest BCUT2D eigenvalue weighted by atomic mass is 16.2. The smallest absolute Gasteiger partial charge is 0.268 e. The van der Waals surface area contributed by atoms with Gasteiger partial charge in [-0.05, 0) is 56.9 Å². The Bertz CT molecular complexity index is 806. The molecule has 3 aliphatic rings. The van der Waals surface area contributed by atoms with Crippen LogP contribution in [0.1, 0.15) is 43.7 Å². The van der Waals surface area contributed by atoms with Gasteiger partial charge in [-0.15, -0.1) is 0 Å². The van der Waals surface area contributed by atoms with Crippen molar-refractivity contribution in [2.24, 2.45) is 5.10 Å². The van der Waals surface area contributed by atoms with Crippen LogP contribution in [-0.4, -0.2) is 52.2 Å². The molecule has 1 aromatic carbocycles. The highest BCUT2D eigenvalue weighted by Crippen LogP contribution is 2.34. The lowest BCUT2D eigenvalue weighted by Gasteiger charge is -2.50. The molecule has 2 amide bonds. The minimum Gasteiger partial charge on any atom is -0.325 e. The molecular formula is C20H27N5O2. The minimum atomic E-state index is -0.473. The van der Waals surface area contributed by atoms with Gasteiger partial charge in [-0.3, -0.25) is 15.0 Å². The zero-order valence-electron chi connectivity index (χ0n) is 16.2. The fourth-order valence-electron chi connectivity index (χ4n) is 4.54. The molecule has 1 saturated heterocycles. The third kappa shape index (κ3) is 3.15. The first-order valence-electron chi connectivity index (χ1n) is 9.71. The van der Waals surface area contributed by atoms with E-state index in [0.717, 1.165) is 42.8 Å². The van der Waals surface area contributed by atoms with Gasteiger partial charge >= 0.3 is 0 Å². The molecule has 0 radical (unpaired) electrons. The molecule has 0 spiro atoms. The molecule has 3 atom stereocenters. The van der Waals surface area contributed by atoms with E-state index in [1.54, 1.807) is 4.90 Å². The quantitative estimate of drug-likeness (QED) is 0.854. The molecule has 3 unspecified atom stereocenters. The van der Waals surface area contributed by atoms with Crippen molar-refractivity contribution >= 4 is 23.3 Å². The summed E-state index contributed by atoms with van der Waals surface area (Å²) in [6.45, 7) is 6.08. The van der Waals surface area contributed by atoms with Crippen molar-refractivity contribution in [2.45, 2.75) is 64.7 Å². The molecule has 1 aliphatic carbocycles. The van der Waals surface area contributed by atoms with E-state index in [0.29, 0.717) is 0 Å². The van der Waals surface area contributed by atoms with Crippen molar-refractivity contribution in [3.05, 3.63) is 29.3 Å². The van der Waals surface area contributed by atoms with Crippen LogP contribution < -0.4 is 10.7 Å². The summed E-state index contributed by atoms with van der Waals surface area (Å²) < 4.78 is 0. The molecule has 4 rings (SSSR count). The molecule has 1 aromatic rings. The van der Waals surface area contributed by atoms with Crippen molar-refractivity contribution in [3.63, 3.8) is 0 Å². The van der Waals surface area contributed by atoms with Crippen LogP contribution in [-0.2, 0) is 9.59 Å². The highest BCUT2D eigenvalue weighted by Gasteiger charge is 2.50. The number of hydrogen-bond donors (Lipinski definition) is 2. The van der Waals surface area contributed by atoms with Crippen LogP contribution >= 0.6 is 0 Å². The van der Waals surface area contributed by atoms with Crippen molar-refractivity contribution in [3.8, 4) is 0 Å². The van der Waals surface area contributed by atoms with Crippen LogP contribution in [0.3, 0.4) is 0 Å². The molecule has 7 nitrogen and oxygen atoms in total. The number of carbonyl (C=O) groups excluding carboxylic acids is 2. The van der Waals surface area contributed by atoms with Gasteiger partial charge in [0.15, 0.2) is 6.17 Å². The summed E-state index contributed by atoms with van der Waals surface area (Å²) in [5, 5.41) is 7.21. The van der Waals surface area contributed by atoms with Gasteiger partial charge in [-0.1, -0.05) is 18.9 Å². The molecule has 2 fully saturated rings. The van der Waals surface area contributed by atoms with Gasteiger partial charge in [0.1, 0.15) is 12.4 Å². The largest absolute Gasteiger partial charge is 0.325 e. The number of carbonyl (C=O) groups is 2. The maximum atomic E-state index is 13.1. The van der Waals surface area contributed by atoms with Crippen LogP contribution in [0, 0.1) is 13.8 Å². The van der Waals surface area contributed by atoms with E-state index >= 15 is 0 Å². The van der Waals surface area contributed by atoms with Gasteiger partial charge in [0, 0.05) is 5.69 Å². The van der Waals surface area contributed by atoms with Crippen LogP contribution in [0.5, 0.6) is 0 Å². The Morgan fingerprint density at radius 1 is 1.19 bits per heavy atom. The number of nitrogens with one attached hydrogen (secondary N) is 2. The van der Waals surface area contributed by atoms with E-state index in [9.17, 15) is 9.59 Å². The Hall–Kier alpha value is -2.57. The first-order valence-corrected chi connectivity index (χ1v) is 9.71. The standard InChI is InChI=1S/C20H27N5O2/c1-12-8-9-15(10-13(12)2)21-18(26)11-24-16-6-4-5-7-17(16)25-14(3)22-23-19(25)20(24)27/h8-10,16-17,19,23H,4-7,11H2,1-3H3,(H,21,26). The first kappa shape index (κ1) is 17.8. The number of benzene rings is 1. The van der Waals surface area contributed by atoms with Crippen LogP contribution in [0.2, 0.25) is 0 Å². The Morgan fingerprint density at radius 2 is 1.93 bits per heavy atom. The molecule has 27 heavy (non-hydrogen) atoms. The summed E-state index contributed by atoms with van der Waals surface area (Å²) in [5.41, 5.74) is 6.04. The summed E-state index contributed by atoms with van der Waals surface area (Å²) in [6, 6.07) is 6.16. The molecular weight excluding hydrogens is 342 g/mol. The topological polar surface area (TPSA) is 77.0 Å². The fraction of sp³-hybridized carbons (Fsp3) is 0.550. The minimum absolute atomic E-state index is 0.0611. The number of amides is 2. The molecule has 2 aliphatic heterocycles. The van der Waals surface area contributed by atoms with E-state index in [1.165, 1.54) is 5.56 Å². The SMILES string of the molecule is CC1=NNC2C(=O)N(CC(=O)Nc3ccc(C)c(C)c3)C3CCCCC3N12. The Labute approximate surface area is 159 Å². The number of aryl methyl sites for hydroxylation is 2. The second-order valence-electron chi connectivity index (χ2n) is 7.83. The van der Waals surface area contributed by atoms with Crippen molar-refractivity contribution < 1.29 is 9.59 Å². The normalized spacial score (nSPS) is 26.9. The third-order valence-corrected chi connectivity index (χ3v) is 6.07. The monoisotopic (exact) mass is 369 g/mol. The van der Waals surface area contributed by atoms with E-state index in [4.69, 9.17) is 0 Å². The summed E-state index contributed by atoms with van der Waals surface area (Å²) in [6.07, 6.45) is 3.72. The number of amidine groups is 1. The average molecular weight is 369 g/mol. The lowest BCUT2D eigenvalue weighted by molar-refractivity contribution is -0.151. The molecule has 1 saturated carbocycles. The number of nitrogens with zero attached hydrogens (tertiary/aromatic N) is 3. The number of rotatable bonds is 3. The number of anilines is 1. The lowest BCUT2D eigenvalue weighted by Crippen LogP contribution is -2.69. The molecule has 2 N–H and O–H groups in total. The Morgan fingerprint density at radius 3 is 2.67 bits per heavy atom. The fourth-order valence-corrected chi connectivity index (χ4v) is 4.54. The maximum absolute atomic E-state index is 13.1. The second kappa shape index (κ2) is 6.87. The highest BCUT2D eigenvalue weighted by molar-refractivity contribution is 5.97. The predicted octanol–water partition coefficient (Wildman–Crippen LogP) is 1.96. The van der Waals surface area contributed by atoms with E-state index in [2.05, 4.69) is 20.7 Å². The summed E-state index contributed by atoms with van der Waals surface area (Å²) in [5.74, 6) is 0.651. The van der Waals surface area contributed by atoms with Gasteiger partial charge in [0.2, 0.25) is 5.91 Å². The molecule has 2 heterocycles. The molecule has 7 heteroatoms. The van der Waals surface area contributed by atoms with Crippen molar-refractivity contribution in [2.75, 3.05) is 11.9 Å². The zero-order chi connectivity index (χ0) is 19.1. The average Bonchev–Trinajstić information content (AvgIpc) is 3.04. The number of piperazine rings is 1. The molecule has 0 bridgehead atoms. The van der Waals surface area contributed by atoms with E-state index in [-0.39, 0.29) is 30.4 Å². The summed E-state index contributed by atoms with van der Waals surface area (Å²) in [4.78, 5) is 29.6. The second-order valence-corrected chi connectivity index (χ2v) is 7.83. The van der Waals surface area contributed by atoms with Crippen molar-refractivity contribution in [1.82, 2.24) is 15.2 Å². The van der Waals surface area contributed by atoms with Gasteiger partial charge in [0.25, 0.3) is 5.91 Å². The number of fused-ring (bicyclic) bond motifs is 3. The number of hydrogen-bond acceptors (Lipinski definition) is 5. The Kier molecular flexibility index (Phi) is 4.53. The number of hydrazone groups is 1. The van der Waals surface area contributed by atoms with Crippen LogP contribution in [0.4, 0.5) is 5.69 Å². The zero-order valence-corrected chi connectivity index (χ0v) is 16.2.